The second-order valence-corrected chi connectivity index (χ2v) is 4.49. The summed E-state index contributed by atoms with van der Waals surface area (Å²) in [6.45, 7) is 1.79. The normalized spacial score (nSPS) is 11.4. The van der Waals surface area contributed by atoms with E-state index in [0.717, 1.165) is 5.56 Å². The number of benzene rings is 1. The van der Waals surface area contributed by atoms with E-state index >= 15 is 0 Å². The summed E-state index contributed by atoms with van der Waals surface area (Å²) in [5.41, 5.74) is 0.842. The molecule has 20 heavy (non-hydrogen) atoms. The van der Waals surface area contributed by atoms with Crippen LogP contribution < -0.4 is 10.1 Å². The van der Waals surface area contributed by atoms with Gasteiger partial charge in [0.25, 0.3) is 0 Å². The molecular formula is C13H18ClNO4V. The van der Waals surface area contributed by atoms with Crippen LogP contribution in [0.25, 0.3) is 0 Å². The molecule has 1 aromatic carbocycles. The van der Waals surface area contributed by atoms with Gasteiger partial charge in [0.05, 0.1) is 6.61 Å². The molecule has 0 fully saturated rings. The van der Waals surface area contributed by atoms with Crippen molar-refractivity contribution in [3.05, 3.63) is 28.8 Å². The predicted molar refractivity (Wildman–Crippen MR) is 72.6 cm³/mol. The zero-order chi connectivity index (χ0) is 14.3. The molecule has 1 atom stereocenters. The summed E-state index contributed by atoms with van der Waals surface area (Å²) in [7, 11) is 1.71. The predicted octanol–water partition coefficient (Wildman–Crippen LogP) is 1.15. The monoisotopic (exact) mass is 338 g/mol. The van der Waals surface area contributed by atoms with Crippen LogP contribution >= 0.6 is 11.6 Å². The standard InChI is InChI=1S/C13H18ClNO4.V/c1-9-5-10(14)3-4-12(9)18-8-13(17)19-11(7-16)6-15-2;/h3-5,11,15-16H,6-8H2,1-2H3;. The Hall–Kier alpha value is -0.716. The summed E-state index contributed by atoms with van der Waals surface area (Å²) in [4.78, 5) is 11.5. The van der Waals surface area contributed by atoms with Crippen molar-refractivity contribution < 1.29 is 37.9 Å². The smallest absolute Gasteiger partial charge is 0.344 e. The Kier molecular flexibility index (Phi) is 9.71. The van der Waals surface area contributed by atoms with Gasteiger partial charge in [-0.2, -0.15) is 0 Å². The average Bonchev–Trinajstić information content (AvgIpc) is 2.37. The number of aryl methyl sites for hydroxylation is 1. The third-order valence-electron chi connectivity index (χ3n) is 2.42. The van der Waals surface area contributed by atoms with Crippen LogP contribution in [0.15, 0.2) is 18.2 Å². The number of rotatable bonds is 7. The van der Waals surface area contributed by atoms with Gasteiger partial charge in [-0.3, -0.25) is 0 Å². The van der Waals surface area contributed by atoms with Crippen molar-refractivity contribution in [3.8, 4) is 5.75 Å². The molecule has 1 radical (unpaired) electrons. The molecule has 0 aliphatic rings. The molecule has 0 saturated carbocycles. The van der Waals surface area contributed by atoms with Crippen molar-refractivity contribution in [2.75, 3.05) is 26.8 Å². The Morgan fingerprint density at radius 3 is 2.75 bits per heavy atom. The third-order valence-corrected chi connectivity index (χ3v) is 2.65. The molecular weight excluding hydrogens is 321 g/mol. The second-order valence-electron chi connectivity index (χ2n) is 4.05. The van der Waals surface area contributed by atoms with E-state index in [4.69, 9.17) is 26.2 Å². The van der Waals surface area contributed by atoms with E-state index in [1.807, 2.05) is 6.92 Å². The van der Waals surface area contributed by atoms with Crippen LogP contribution in [-0.4, -0.2) is 44.0 Å². The number of likely N-dealkylation sites (N-methyl/N-ethyl adjacent to an activating group) is 1. The number of nitrogens with one attached hydrogen (secondary N) is 1. The van der Waals surface area contributed by atoms with Gasteiger partial charge in [0.1, 0.15) is 11.9 Å². The van der Waals surface area contributed by atoms with E-state index in [0.29, 0.717) is 17.3 Å². The second kappa shape index (κ2) is 10.1. The minimum absolute atomic E-state index is 0. The van der Waals surface area contributed by atoms with Gasteiger partial charge in [-0.1, -0.05) is 11.6 Å². The van der Waals surface area contributed by atoms with Crippen LogP contribution in [0.3, 0.4) is 0 Å². The summed E-state index contributed by atoms with van der Waals surface area (Å²) < 4.78 is 10.4. The number of carbonyl (C=O) groups is 1. The van der Waals surface area contributed by atoms with Crippen LogP contribution in [0.2, 0.25) is 5.02 Å². The van der Waals surface area contributed by atoms with Crippen LogP contribution in [-0.2, 0) is 28.1 Å². The van der Waals surface area contributed by atoms with Crippen molar-refractivity contribution in [1.29, 1.82) is 0 Å². The molecule has 1 aromatic rings. The van der Waals surface area contributed by atoms with Gasteiger partial charge in [0.2, 0.25) is 0 Å². The average molecular weight is 339 g/mol. The maximum Gasteiger partial charge on any atom is 0.344 e. The Morgan fingerprint density at radius 2 is 2.20 bits per heavy atom. The topological polar surface area (TPSA) is 67.8 Å². The first-order valence-corrected chi connectivity index (χ1v) is 6.28. The van der Waals surface area contributed by atoms with Crippen molar-refractivity contribution >= 4 is 17.6 Å². The van der Waals surface area contributed by atoms with E-state index in [-0.39, 0.29) is 31.8 Å². The fraction of sp³-hybridized carbons (Fsp3) is 0.462. The molecule has 1 unspecified atom stereocenters. The van der Waals surface area contributed by atoms with Gasteiger partial charge in [0.15, 0.2) is 6.61 Å². The molecule has 5 nitrogen and oxygen atoms in total. The molecule has 0 aromatic heterocycles. The first-order valence-electron chi connectivity index (χ1n) is 5.90. The van der Waals surface area contributed by atoms with Crippen LogP contribution in [0.1, 0.15) is 5.56 Å². The van der Waals surface area contributed by atoms with Gasteiger partial charge in [-0.15, -0.1) is 0 Å². The van der Waals surface area contributed by atoms with Crippen LogP contribution in [0.4, 0.5) is 0 Å². The molecule has 0 heterocycles. The number of carbonyl (C=O) groups excluding carboxylic acids is 1. The number of ether oxygens (including phenoxy) is 2. The minimum Gasteiger partial charge on any atom is -0.482 e. The van der Waals surface area contributed by atoms with Crippen LogP contribution in [0.5, 0.6) is 5.75 Å². The Bertz CT molecular complexity index is 431. The molecule has 0 saturated heterocycles. The van der Waals surface area contributed by atoms with E-state index in [9.17, 15) is 4.79 Å². The molecule has 1 rings (SSSR count). The van der Waals surface area contributed by atoms with Gasteiger partial charge < -0.3 is 19.9 Å². The molecule has 2 N–H and O–H groups in total. The fourth-order valence-corrected chi connectivity index (χ4v) is 1.73. The number of aliphatic hydroxyl groups is 1. The molecule has 0 aliphatic carbocycles. The number of hydrogen-bond donors (Lipinski definition) is 2. The van der Waals surface area contributed by atoms with E-state index < -0.39 is 12.1 Å². The summed E-state index contributed by atoms with van der Waals surface area (Å²) in [6, 6.07) is 5.13. The van der Waals surface area contributed by atoms with Crippen molar-refractivity contribution in [1.82, 2.24) is 5.32 Å². The Balaban J connectivity index is 0.00000361. The van der Waals surface area contributed by atoms with Crippen molar-refractivity contribution in [3.63, 3.8) is 0 Å². The Morgan fingerprint density at radius 1 is 1.50 bits per heavy atom. The molecule has 7 heteroatoms. The molecule has 0 bridgehead atoms. The Labute approximate surface area is 135 Å². The maximum atomic E-state index is 11.5. The number of hydrogen-bond acceptors (Lipinski definition) is 5. The largest absolute Gasteiger partial charge is 0.482 e. The zero-order valence-corrected chi connectivity index (χ0v) is 13.6. The van der Waals surface area contributed by atoms with Gasteiger partial charge in [0, 0.05) is 30.1 Å². The van der Waals surface area contributed by atoms with Crippen LogP contribution in [0, 0.1) is 6.92 Å². The number of esters is 1. The van der Waals surface area contributed by atoms with E-state index in [1.54, 1.807) is 25.2 Å². The van der Waals surface area contributed by atoms with E-state index in [2.05, 4.69) is 5.32 Å². The van der Waals surface area contributed by atoms with Crippen molar-refractivity contribution in [2.45, 2.75) is 13.0 Å². The fourth-order valence-electron chi connectivity index (χ4n) is 1.50. The van der Waals surface area contributed by atoms with Gasteiger partial charge in [-0.05, 0) is 37.7 Å². The van der Waals surface area contributed by atoms with Gasteiger partial charge >= 0.3 is 5.97 Å². The zero-order valence-electron chi connectivity index (χ0n) is 11.4. The van der Waals surface area contributed by atoms with E-state index in [1.165, 1.54) is 0 Å². The quantitative estimate of drug-likeness (QED) is 0.730. The van der Waals surface area contributed by atoms with Gasteiger partial charge in [-0.25, -0.2) is 4.79 Å². The third kappa shape index (κ3) is 6.63. The first kappa shape index (κ1) is 19.3. The maximum absolute atomic E-state index is 11.5. The van der Waals surface area contributed by atoms with Crippen molar-refractivity contribution in [2.24, 2.45) is 0 Å². The molecule has 111 valence electrons. The number of halogens is 1. The number of aliphatic hydroxyl groups excluding tert-OH is 1. The molecule has 0 spiro atoms. The minimum atomic E-state index is -0.563. The first-order chi connectivity index (χ1) is 9.06. The summed E-state index contributed by atoms with van der Waals surface area (Å²) in [5.74, 6) is 0.0548. The summed E-state index contributed by atoms with van der Waals surface area (Å²) in [5, 5.41) is 12.4. The molecule has 0 amide bonds. The SMILES string of the molecule is CNCC(CO)OC(=O)COc1ccc(Cl)cc1C.[V]. The summed E-state index contributed by atoms with van der Waals surface area (Å²) >= 11 is 5.82. The molecule has 0 aliphatic heterocycles. The summed E-state index contributed by atoms with van der Waals surface area (Å²) in [6.07, 6.45) is -0.563.